The first-order valence-electron chi connectivity index (χ1n) is 4.60. The Labute approximate surface area is 93.8 Å². The van der Waals surface area contributed by atoms with E-state index < -0.39 is 29.3 Å². The molecule has 1 rings (SSSR count). The van der Waals surface area contributed by atoms with Gasteiger partial charge in [0.15, 0.2) is 0 Å². The van der Waals surface area contributed by atoms with Crippen LogP contribution in [0.4, 0.5) is 5.69 Å². The Morgan fingerprint density at radius 2 is 1.81 bits per heavy atom. The van der Waals surface area contributed by atoms with Gasteiger partial charge in [0.05, 0.1) is 24.9 Å². The summed E-state index contributed by atoms with van der Waals surface area (Å²) >= 11 is 0. The third-order valence-electron chi connectivity index (χ3n) is 1.97. The average molecular weight is 246 g/mol. The van der Waals surface area contributed by atoms with Crippen molar-refractivity contribution in [2.45, 2.75) is 10.9 Å². The van der Waals surface area contributed by atoms with Gasteiger partial charge in [-0.3, -0.25) is 0 Å². The van der Waals surface area contributed by atoms with Crippen molar-refractivity contribution in [3.63, 3.8) is 0 Å². The minimum absolute atomic E-state index is 0.0677. The molecule has 0 spiro atoms. The monoisotopic (exact) mass is 246 g/mol. The molecule has 0 unspecified atom stereocenters. The molecule has 0 saturated carbocycles. The molecule has 0 atom stereocenters. The van der Waals surface area contributed by atoms with Gasteiger partial charge in [-0.1, -0.05) is 12.1 Å². The summed E-state index contributed by atoms with van der Waals surface area (Å²) in [5, 5.41) is 17.6. The number of sulfonamides is 1. The molecule has 0 heterocycles. The minimum Gasteiger partial charge on any atom is -0.398 e. The number of para-hydroxylation sites is 1. The van der Waals surface area contributed by atoms with Crippen molar-refractivity contribution in [3.05, 3.63) is 24.3 Å². The fourth-order valence-corrected chi connectivity index (χ4v) is 2.49. The van der Waals surface area contributed by atoms with E-state index >= 15 is 0 Å². The summed E-state index contributed by atoms with van der Waals surface area (Å²) in [6.45, 7) is -0.967. The van der Waals surface area contributed by atoms with Gasteiger partial charge in [-0.25, -0.2) is 13.1 Å². The van der Waals surface area contributed by atoms with Crippen LogP contribution in [0, 0.1) is 0 Å². The van der Waals surface area contributed by atoms with E-state index in [1.807, 2.05) is 0 Å². The number of aliphatic hydroxyl groups excluding tert-OH is 2. The normalized spacial score (nSPS) is 11.9. The van der Waals surface area contributed by atoms with Crippen LogP contribution >= 0.6 is 0 Å². The molecule has 1 aromatic carbocycles. The predicted molar refractivity (Wildman–Crippen MR) is 59.1 cm³/mol. The summed E-state index contributed by atoms with van der Waals surface area (Å²) in [5.41, 5.74) is 5.64. The number of aliphatic hydroxyl groups is 2. The van der Waals surface area contributed by atoms with Crippen molar-refractivity contribution in [2.75, 3.05) is 18.9 Å². The highest BCUT2D eigenvalue weighted by atomic mass is 32.2. The number of rotatable bonds is 5. The summed E-state index contributed by atoms with van der Waals surface area (Å²) in [5.74, 6) is 0. The fourth-order valence-electron chi connectivity index (χ4n) is 1.14. The van der Waals surface area contributed by atoms with Crippen molar-refractivity contribution >= 4 is 15.7 Å². The molecule has 0 fully saturated rings. The van der Waals surface area contributed by atoms with E-state index in [1.54, 1.807) is 6.07 Å². The Balaban J connectivity index is 2.99. The second kappa shape index (κ2) is 5.26. The van der Waals surface area contributed by atoms with E-state index in [4.69, 9.17) is 15.9 Å². The topological polar surface area (TPSA) is 113 Å². The van der Waals surface area contributed by atoms with Gasteiger partial charge in [-0.2, -0.15) is 0 Å². The molecule has 0 bridgehead atoms. The number of hydrogen-bond acceptors (Lipinski definition) is 5. The number of hydrogen-bond donors (Lipinski definition) is 4. The van der Waals surface area contributed by atoms with E-state index in [-0.39, 0.29) is 10.6 Å². The van der Waals surface area contributed by atoms with Crippen LogP contribution in [0.3, 0.4) is 0 Å². The standard InChI is InChI=1S/C9H14N2O4S/c10-8-3-1-2-4-9(8)16(14,15)11-7(5-12)6-13/h1-4,7,11-13H,5-6,10H2. The maximum Gasteiger partial charge on any atom is 0.243 e. The number of benzene rings is 1. The molecule has 5 N–H and O–H groups in total. The second-order valence-electron chi connectivity index (χ2n) is 3.22. The molecule has 0 aliphatic carbocycles. The zero-order chi connectivity index (χ0) is 12.2. The van der Waals surface area contributed by atoms with Gasteiger partial charge < -0.3 is 15.9 Å². The second-order valence-corrected chi connectivity index (χ2v) is 4.90. The molecule has 0 saturated heterocycles. The van der Waals surface area contributed by atoms with Gasteiger partial charge in [-0.05, 0) is 12.1 Å². The SMILES string of the molecule is Nc1ccccc1S(=O)(=O)NC(CO)CO. The van der Waals surface area contributed by atoms with Gasteiger partial charge in [0.1, 0.15) is 4.90 Å². The summed E-state index contributed by atoms with van der Waals surface area (Å²) in [6.07, 6.45) is 0. The lowest BCUT2D eigenvalue weighted by atomic mass is 10.3. The minimum atomic E-state index is -3.81. The largest absolute Gasteiger partial charge is 0.398 e. The highest BCUT2D eigenvalue weighted by Gasteiger charge is 2.20. The predicted octanol–water partition coefficient (Wildman–Crippen LogP) is -1.10. The van der Waals surface area contributed by atoms with Crippen LogP contribution < -0.4 is 10.5 Å². The lowest BCUT2D eigenvalue weighted by Crippen LogP contribution is -2.40. The van der Waals surface area contributed by atoms with Gasteiger partial charge in [0, 0.05) is 0 Å². The number of anilines is 1. The van der Waals surface area contributed by atoms with Crippen LogP contribution in [0.1, 0.15) is 0 Å². The van der Waals surface area contributed by atoms with E-state index in [9.17, 15) is 8.42 Å². The summed E-state index contributed by atoms with van der Waals surface area (Å²) < 4.78 is 25.7. The number of nitrogen functional groups attached to an aromatic ring is 1. The van der Waals surface area contributed by atoms with Crippen LogP contribution in [0.5, 0.6) is 0 Å². The van der Waals surface area contributed by atoms with Crippen LogP contribution in [0.2, 0.25) is 0 Å². The van der Waals surface area contributed by atoms with Crippen molar-refractivity contribution in [1.29, 1.82) is 0 Å². The van der Waals surface area contributed by atoms with Crippen molar-refractivity contribution < 1.29 is 18.6 Å². The van der Waals surface area contributed by atoms with Crippen molar-refractivity contribution in [3.8, 4) is 0 Å². The van der Waals surface area contributed by atoms with Crippen LogP contribution in [0.25, 0.3) is 0 Å². The Bertz CT molecular complexity index is 443. The first kappa shape index (κ1) is 12.9. The fraction of sp³-hybridized carbons (Fsp3) is 0.333. The Hall–Kier alpha value is -1.15. The molecule has 7 heteroatoms. The Morgan fingerprint density at radius 1 is 1.25 bits per heavy atom. The zero-order valence-corrected chi connectivity index (χ0v) is 9.31. The van der Waals surface area contributed by atoms with Gasteiger partial charge in [-0.15, -0.1) is 0 Å². The lowest BCUT2D eigenvalue weighted by Gasteiger charge is -2.14. The van der Waals surface area contributed by atoms with Crippen molar-refractivity contribution in [2.24, 2.45) is 0 Å². The number of nitrogens with two attached hydrogens (primary N) is 1. The Morgan fingerprint density at radius 3 is 2.31 bits per heavy atom. The molecule has 0 aliphatic rings. The summed E-state index contributed by atoms with van der Waals surface area (Å²) in [6, 6.07) is 5.04. The number of nitrogens with one attached hydrogen (secondary N) is 1. The molecule has 0 radical (unpaired) electrons. The first-order chi connectivity index (χ1) is 7.51. The molecule has 0 amide bonds. The summed E-state index contributed by atoms with van der Waals surface area (Å²) in [7, 11) is -3.81. The van der Waals surface area contributed by atoms with E-state index in [1.165, 1.54) is 18.2 Å². The first-order valence-corrected chi connectivity index (χ1v) is 6.08. The highest BCUT2D eigenvalue weighted by molar-refractivity contribution is 7.89. The van der Waals surface area contributed by atoms with Gasteiger partial charge >= 0.3 is 0 Å². The molecule has 90 valence electrons. The molecule has 0 aromatic heterocycles. The smallest absolute Gasteiger partial charge is 0.243 e. The average Bonchev–Trinajstić information content (AvgIpc) is 2.26. The summed E-state index contributed by atoms with van der Waals surface area (Å²) in [4.78, 5) is -0.0677. The Kier molecular flexibility index (Phi) is 4.25. The molecule has 6 nitrogen and oxygen atoms in total. The molecule has 16 heavy (non-hydrogen) atoms. The third kappa shape index (κ3) is 2.92. The van der Waals surface area contributed by atoms with Crippen LogP contribution in [-0.4, -0.2) is 37.9 Å². The highest BCUT2D eigenvalue weighted by Crippen LogP contribution is 2.16. The maximum atomic E-state index is 11.8. The third-order valence-corrected chi connectivity index (χ3v) is 3.57. The van der Waals surface area contributed by atoms with Crippen LogP contribution in [0.15, 0.2) is 29.2 Å². The van der Waals surface area contributed by atoms with E-state index in [0.717, 1.165) is 0 Å². The molecular formula is C9H14N2O4S. The maximum absolute atomic E-state index is 11.8. The van der Waals surface area contributed by atoms with Gasteiger partial charge in [0.2, 0.25) is 10.0 Å². The quantitative estimate of drug-likeness (QED) is 0.493. The van der Waals surface area contributed by atoms with Crippen molar-refractivity contribution in [1.82, 2.24) is 4.72 Å². The lowest BCUT2D eigenvalue weighted by molar-refractivity contribution is 0.185. The molecular weight excluding hydrogens is 232 g/mol. The van der Waals surface area contributed by atoms with E-state index in [0.29, 0.717) is 0 Å². The zero-order valence-electron chi connectivity index (χ0n) is 8.50. The van der Waals surface area contributed by atoms with E-state index in [2.05, 4.69) is 4.72 Å². The van der Waals surface area contributed by atoms with Crippen LogP contribution in [-0.2, 0) is 10.0 Å². The van der Waals surface area contributed by atoms with Gasteiger partial charge in [0.25, 0.3) is 0 Å². The molecule has 0 aliphatic heterocycles. The molecule has 1 aromatic rings.